The van der Waals surface area contributed by atoms with Crippen LogP contribution in [0.3, 0.4) is 0 Å². The number of nitrogens with zero attached hydrogens (tertiary/aromatic N) is 4. The maximum Gasteiger partial charge on any atom is 0.241 e. The van der Waals surface area contributed by atoms with Crippen molar-refractivity contribution in [3.05, 3.63) is 53.9 Å². The van der Waals surface area contributed by atoms with Crippen LogP contribution in [0, 0.1) is 5.92 Å². The zero-order chi connectivity index (χ0) is 19.6. The SMILES string of the molecule is CC(C)CNC(=NCc1ccccc1Cn1cccn1)NCC(=O)N(C)C. The second-order valence-corrected chi connectivity index (χ2v) is 7.05. The van der Waals surface area contributed by atoms with Gasteiger partial charge in [-0.05, 0) is 23.1 Å². The summed E-state index contributed by atoms with van der Waals surface area (Å²) in [7, 11) is 3.49. The minimum absolute atomic E-state index is 0.00753. The van der Waals surface area contributed by atoms with E-state index < -0.39 is 0 Å². The van der Waals surface area contributed by atoms with E-state index in [0.29, 0.717) is 25.0 Å². The van der Waals surface area contributed by atoms with Crippen molar-refractivity contribution < 1.29 is 4.79 Å². The van der Waals surface area contributed by atoms with Crippen molar-refractivity contribution >= 4 is 11.9 Å². The Bertz CT molecular complexity index is 737. The van der Waals surface area contributed by atoms with E-state index in [4.69, 9.17) is 0 Å². The number of carbonyl (C=O) groups is 1. The molecule has 146 valence electrons. The minimum atomic E-state index is 0.00753. The number of hydrogen-bond acceptors (Lipinski definition) is 3. The standard InChI is InChI=1S/C20H30N6O/c1-16(2)12-21-20(23-14-19(27)25(3)4)22-13-17-8-5-6-9-18(17)15-26-11-7-10-24-26/h5-11,16H,12-15H2,1-4H3,(H2,21,22,23). The summed E-state index contributed by atoms with van der Waals surface area (Å²) in [6.45, 7) is 6.51. The van der Waals surface area contributed by atoms with Crippen LogP contribution in [0.15, 0.2) is 47.7 Å². The third-order valence-electron chi connectivity index (χ3n) is 4.00. The van der Waals surface area contributed by atoms with Crippen molar-refractivity contribution in [2.75, 3.05) is 27.2 Å². The molecule has 0 spiro atoms. The molecule has 0 atom stereocenters. The molecule has 0 aliphatic heterocycles. The molecule has 2 rings (SSSR count). The molecule has 0 aliphatic rings. The smallest absolute Gasteiger partial charge is 0.241 e. The summed E-state index contributed by atoms with van der Waals surface area (Å²) < 4.78 is 1.90. The Morgan fingerprint density at radius 2 is 1.93 bits per heavy atom. The van der Waals surface area contributed by atoms with Crippen LogP contribution in [0.2, 0.25) is 0 Å². The second kappa shape index (κ2) is 10.4. The molecule has 7 nitrogen and oxygen atoms in total. The number of benzene rings is 1. The molecule has 0 aliphatic carbocycles. The van der Waals surface area contributed by atoms with Crippen molar-refractivity contribution in [3.63, 3.8) is 0 Å². The van der Waals surface area contributed by atoms with Crippen LogP contribution in [0.4, 0.5) is 0 Å². The van der Waals surface area contributed by atoms with Crippen molar-refractivity contribution in [2.45, 2.75) is 26.9 Å². The van der Waals surface area contributed by atoms with Gasteiger partial charge in [0.05, 0.1) is 19.6 Å². The third-order valence-corrected chi connectivity index (χ3v) is 4.00. The molecule has 1 heterocycles. The molecule has 0 saturated carbocycles. The van der Waals surface area contributed by atoms with Gasteiger partial charge in [-0.15, -0.1) is 0 Å². The lowest BCUT2D eigenvalue weighted by Gasteiger charge is -2.16. The van der Waals surface area contributed by atoms with Gasteiger partial charge in [0.15, 0.2) is 5.96 Å². The summed E-state index contributed by atoms with van der Waals surface area (Å²) >= 11 is 0. The summed E-state index contributed by atoms with van der Waals surface area (Å²) in [6, 6.07) is 10.1. The zero-order valence-corrected chi connectivity index (χ0v) is 16.6. The fourth-order valence-electron chi connectivity index (χ4n) is 2.39. The lowest BCUT2D eigenvalue weighted by molar-refractivity contribution is -0.127. The largest absolute Gasteiger partial charge is 0.356 e. The molecule has 1 aromatic heterocycles. The van der Waals surface area contributed by atoms with E-state index >= 15 is 0 Å². The Morgan fingerprint density at radius 3 is 2.56 bits per heavy atom. The van der Waals surface area contributed by atoms with E-state index in [-0.39, 0.29) is 12.5 Å². The molecule has 27 heavy (non-hydrogen) atoms. The predicted molar refractivity (Wildman–Crippen MR) is 108 cm³/mol. The molecule has 0 radical (unpaired) electrons. The highest BCUT2D eigenvalue weighted by Gasteiger charge is 2.08. The van der Waals surface area contributed by atoms with Crippen molar-refractivity contribution in [1.29, 1.82) is 0 Å². The van der Waals surface area contributed by atoms with Crippen molar-refractivity contribution in [2.24, 2.45) is 10.9 Å². The van der Waals surface area contributed by atoms with Crippen LogP contribution in [-0.4, -0.2) is 53.7 Å². The minimum Gasteiger partial charge on any atom is -0.356 e. The predicted octanol–water partition coefficient (Wildman–Crippen LogP) is 1.71. The van der Waals surface area contributed by atoms with E-state index in [1.807, 2.05) is 29.1 Å². The number of rotatable bonds is 8. The molecule has 0 fully saturated rings. The monoisotopic (exact) mass is 370 g/mol. The average molecular weight is 371 g/mol. The van der Waals surface area contributed by atoms with Gasteiger partial charge in [0.2, 0.25) is 5.91 Å². The second-order valence-electron chi connectivity index (χ2n) is 7.05. The number of aliphatic imine (C=N–C) groups is 1. The summed E-state index contributed by atoms with van der Waals surface area (Å²) in [5, 5.41) is 10.7. The van der Waals surface area contributed by atoms with E-state index in [1.54, 1.807) is 25.2 Å². The molecule has 7 heteroatoms. The van der Waals surface area contributed by atoms with Gasteiger partial charge >= 0.3 is 0 Å². The number of hydrogen-bond donors (Lipinski definition) is 2. The summed E-state index contributed by atoms with van der Waals surface area (Å²) in [5.41, 5.74) is 2.31. The van der Waals surface area contributed by atoms with Crippen LogP contribution in [-0.2, 0) is 17.9 Å². The molecule has 0 bridgehead atoms. The van der Waals surface area contributed by atoms with Crippen LogP contribution in [0.5, 0.6) is 0 Å². The maximum atomic E-state index is 11.9. The molecular weight excluding hydrogens is 340 g/mol. The highest BCUT2D eigenvalue weighted by Crippen LogP contribution is 2.11. The molecule has 1 aromatic carbocycles. The Kier molecular flexibility index (Phi) is 7.85. The van der Waals surface area contributed by atoms with Crippen LogP contribution in [0.1, 0.15) is 25.0 Å². The van der Waals surface area contributed by atoms with Gasteiger partial charge in [-0.3, -0.25) is 9.48 Å². The van der Waals surface area contributed by atoms with Crippen LogP contribution >= 0.6 is 0 Å². The Labute approximate surface area is 161 Å². The van der Waals surface area contributed by atoms with E-state index in [0.717, 1.165) is 12.1 Å². The number of guanidine groups is 1. The molecular formula is C20H30N6O. The first kappa shape index (κ1) is 20.5. The fourth-order valence-corrected chi connectivity index (χ4v) is 2.39. The average Bonchev–Trinajstić information content (AvgIpc) is 3.14. The van der Waals surface area contributed by atoms with Gasteiger partial charge in [0.25, 0.3) is 0 Å². The highest BCUT2D eigenvalue weighted by molar-refractivity contribution is 5.86. The normalized spacial score (nSPS) is 11.5. The van der Waals surface area contributed by atoms with E-state index in [2.05, 4.69) is 46.7 Å². The van der Waals surface area contributed by atoms with Crippen molar-refractivity contribution in [3.8, 4) is 0 Å². The van der Waals surface area contributed by atoms with Gasteiger partial charge in [-0.25, -0.2) is 4.99 Å². The first-order chi connectivity index (χ1) is 13.0. The molecule has 2 aromatic rings. The number of nitrogens with one attached hydrogen (secondary N) is 2. The Hall–Kier alpha value is -2.83. The number of carbonyl (C=O) groups excluding carboxylic acids is 1. The molecule has 1 amide bonds. The number of amides is 1. The molecule has 2 N–H and O–H groups in total. The maximum absolute atomic E-state index is 11.9. The number of aromatic nitrogens is 2. The van der Waals surface area contributed by atoms with Gasteiger partial charge in [-0.2, -0.15) is 5.10 Å². The van der Waals surface area contributed by atoms with E-state index in [1.165, 1.54) is 5.56 Å². The van der Waals surface area contributed by atoms with Crippen molar-refractivity contribution in [1.82, 2.24) is 25.3 Å². The zero-order valence-electron chi connectivity index (χ0n) is 16.6. The van der Waals surface area contributed by atoms with Gasteiger partial charge in [0.1, 0.15) is 0 Å². The van der Waals surface area contributed by atoms with Gasteiger partial charge in [-0.1, -0.05) is 38.1 Å². The van der Waals surface area contributed by atoms with Gasteiger partial charge in [0, 0.05) is 33.0 Å². The van der Waals surface area contributed by atoms with E-state index in [9.17, 15) is 4.79 Å². The molecule has 0 unspecified atom stereocenters. The lowest BCUT2D eigenvalue weighted by atomic mass is 10.1. The fraction of sp³-hybridized carbons (Fsp3) is 0.450. The number of likely N-dealkylation sites (N-methyl/N-ethyl adjacent to an activating group) is 1. The van der Waals surface area contributed by atoms with Crippen LogP contribution in [0.25, 0.3) is 0 Å². The first-order valence-electron chi connectivity index (χ1n) is 9.22. The summed E-state index contributed by atoms with van der Waals surface area (Å²) in [6.07, 6.45) is 3.73. The quantitative estimate of drug-likeness (QED) is 0.548. The topological polar surface area (TPSA) is 74.5 Å². The Balaban J connectivity index is 2.08. The summed E-state index contributed by atoms with van der Waals surface area (Å²) in [4.78, 5) is 18.1. The third kappa shape index (κ3) is 7.13. The Morgan fingerprint density at radius 1 is 1.19 bits per heavy atom. The first-order valence-corrected chi connectivity index (χ1v) is 9.22. The van der Waals surface area contributed by atoms with Crippen LogP contribution < -0.4 is 10.6 Å². The highest BCUT2D eigenvalue weighted by atomic mass is 16.2. The lowest BCUT2D eigenvalue weighted by Crippen LogP contribution is -2.44. The summed E-state index contributed by atoms with van der Waals surface area (Å²) in [5.74, 6) is 1.13. The van der Waals surface area contributed by atoms with Gasteiger partial charge < -0.3 is 15.5 Å². The molecule has 0 saturated heterocycles.